The number of aromatic nitrogens is 2. The van der Waals surface area contributed by atoms with E-state index in [1.165, 1.54) is 0 Å². The summed E-state index contributed by atoms with van der Waals surface area (Å²) in [6, 6.07) is 27.0. The van der Waals surface area contributed by atoms with Crippen LogP contribution in [0.2, 0.25) is 0 Å². The first-order valence-electron chi connectivity index (χ1n) is 12.1. The summed E-state index contributed by atoms with van der Waals surface area (Å²) in [5.41, 5.74) is 4.82. The average Bonchev–Trinajstić information content (AvgIpc) is 3.44. The molecule has 0 aliphatic heterocycles. The zero-order chi connectivity index (χ0) is 26.5. The van der Waals surface area contributed by atoms with Gasteiger partial charge < -0.3 is 25.5 Å². The molecule has 190 valence electrons. The predicted octanol–water partition coefficient (Wildman–Crippen LogP) is 5.65. The number of aromatic amines is 1. The maximum Gasteiger partial charge on any atom is 0.405 e. The minimum Gasteiger partial charge on any atom is -0.479 e. The van der Waals surface area contributed by atoms with Crippen molar-refractivity contribution in [2.45, 2.75) is 12.0 Å². The molecule has 4 N–H and O–H groups in total. The number of nitrogens with zero attached hydrogens (tertiary/aromatic N) is 1. The number of ether oxygens (including phenoxy) is 1. The second kappa shape index (κ2) is 10.9. The number of nitrogens with one attached hydrogen (secondary N) is 3. The molecular weight excluding hydrogens is 480 g/mol. The van der Waals surface area contributed by atoms with Crippen molar-refractivity contribution in [2.24, 2.45) is 0 Å². The zero-order valence-corrected chi connectivity index (χ0v) is 20.6. The van der Waals surface area contributed by atoms with E-state index < -0.39 is 24.0 Å². The number of carbonyl (C=O) groups is 2. The number of amides is 2. The van der Waals surface area contributed by atoms with Gasteiger partial charge in [0.2, 0.25) is 11.8 Å². The molecule has 2 amide bonds. The smallest absolute Gasteiger partial charge is 0.405 e. The summed E-state index contributed by atoms with van der Waals surface area (Å²) in [5.74, 6) is -0.474. The molecule has 2 aromatic heterocycles. The van der Waals surface area contributed by atoms with Gasteiger partial charge >= 0.3 is 6.09 Å². The lowest BCUT2D eigenvalue weighted by atomic mass is 9.84. The quantitative estimate of drug-likeness (QED) is 0.217. The van der Waals surface area contributed by atoms with Crippen molar-refractivity contribution in [3.63, 3.8) is 0 Å². The molecule has 0 aliphatic rings. The molecule has 0 fully saturated rings. The van der Waals surface area contributed by atoms with Crippen molar-refractivity contribution >= 4 is 28.6 Å². The van der Waals surface area contributed by atoms with Crippen LogP contribution in [0.5, 0.6) is 5.88 Å². The summed E-state index contributed by atoms with van der Waals surface area (Å²) in [6.07, 6.45) is 2.30. The van der Waals surface area contributed by atoms with E-state index in [2.05, 4.69) is 20.6 Å². The van der Waals surface area contributed by atoms with Crippen molar-refractivity contribution in [3.05, 3.63) is 115 Å². The molecule has 1 unspecified atom stereocenters. The van der Waals surface area contributed by atoms with Gasteiger partial charge in [-0.1, -0.05) is 72.8 Å². The number of methoxy groups -OCH3 is 1. The first-order chi connectivity index (χ1) is 18.5. The highest BCUT2D eigenvalue weighted by Gasteiger charge is 2.32. The molecule has 5 rings (SSSR count). The van der Waals surface area contributed by atoms with Gasteiger partial charge in [-0.2, -0.15) is 0 Å². The van der Waals surface area contributed by atoms with E-state index in [1.807, 2.05) is 85.1 Å². The van der Waals surface area contributed by atoms with Gasteiger partial charge in [0.05, 0.1) is 7.11 Å². The van der Waals surface area contributed by atoms with E-state index in [0.29, 0.717) is 11.6 Å². The number of rotatable bonds is 8. The lowest BCUT2D eigenvalue weighted by molar-refractivity contribution is -0.118. The lowest BCUT2D eigenvalue weighted by Gasteiger charge is -2.27. The third kappa shape index (κ3) is 5.05. The van der Waals surface area contributed by atoms with Crippen molar-refractivity contribution in [3.8, 4) is 17.0 Å². The van der Waals surface area contributed by atoms with Gasteiger partial charge in [0.25, 0.3) is 0 Å². The summed E-state index contributed by atoms with van der Waals surface area (Å²) in [4.78, 5) is 32.8. The first-order valence-corrected chi connectivity index (χ1v) is 12.1. The number of pyridine rings is 1. The first kappa shape index (κ1) is 24.6. The van der Waals surface area contributed by atoms with E-state index in [-0.39, 0.29) is 0 Å². The molecule has 0 radical (unpaired) electrons. The Morgan fingerprint density at radius 3 is 2.11 bits per heavy atom. The van der Waals surface area contributed by atoms with Crippen LogP contribution in [-0.4, -0.2) is 40.2 Å². The van der Waals surface area contributed by atoms with E-state index in [4.69, 9.17) is 4.74 Å². The Kier molecular flexibility index (Phi) is 7.04. The molecule has 3 aromatic carbocycles. The Hall–Kier alpha value is -5.11. The van der Waals surface area contributed by atoms with Crippen LogP contribution in [0.15, 0.2) is 103 Å². The Morgan fingerprint density at radius 1 is 0.895 bits per heavy atom. The number of carbonyl (C=O) groups excluding carboxylic acids is 1. The maximum atomic E-state index is 13.5. The fourth-order valence-corrected chi connectivity index (χ4v) is 4.70. The molecule has 0 saturated carbocycles. The summed E-state index contributed by atoms with van der Waals surface area (Å²) >= 11 is 0. The van der Waals surface area contributed by atoms with Crippen molar-refractivity contribution < 1.29 is 19.4 Å². The largest absolute Gasteiger partial charge is 0.479 e. The van der Waals surface area contributed by atoms with Crippen LogP contribution in [0.3, 0.4) is 0 Å². The van der Waals surface area contributed by atoms with E-state index in [1.54, 1.807) is 25.4 Å². The Balaban J connectivity index is 1.44. The van der Waals surface area contributed by atoms with Crippen LogP contribution in [0.1, 0.15) is 17.0 Å². The van der Waals surface area contributed by atoms with Crippen LogP contribution in [0.25, 0.3) is 22.0 Å². The molecule has 5 aromatic rings. The number of benzene rings is 3. The Morgan fingerprint density at radius 2 is 1.53 bits per heavy atom. The number of carboxylic acid groups (broad SMARTS) is 1. The van der Waals surface area contributed by atoms with Crippen LogP contribution in [-0.2, 0) is 4.79 Å². The number of H-pyrrole nitrogens is 1. The topological polar surface area (TPSA) is 116 Å². The normalized spacial score (nSPS) is 11.7. The SMILES string of the molecule is COc1ncc(-c2ccc(NC(=O)C(NC(=O)O)C(c3ccccc3)c3ccccc3)cc2)c2cc[nH]c12. The lowest BCUT2D eigenvalue weighted by Crippen LogP contribution is -2.47. The highest BCUT2D eigenvalue weighted by Crippen LogP contribution is 2.33. The number of fused-ring (bicyclic) bond motifs is 1. The second-order valence-electron chi connectivity index (χ2n) is 8.74. The molecule has 8 heteroatoms. The Labute approximate surface area is 219 Å². The molecule has 0 spiro atoms. The number of anilines is 1. The molecule has 8 nitrogen and oxygen atoms in total. The average molecular weight is 507 g/mol. The molecule has 0 aliphatic carbocycles. The van der Waals surface area contributed by atoms with Crippen molar-refractivity contribution in [1.82, 2.24) is 15.3 Å². The summed E-state index contributed by atoms with van der Waals surface area (Å²) in [5, 5.41) is 15.9. The monoisotopic (exact) mass is 506 g/mol. The van der Waals surface area contributed by atoms with Crippen molar-refractivity contribution in [2.75, 3.05) is 12.4 Å². The third-order valence-electron chi connectivity index (χ3n) is 6.43. The maximum absolute atomic E-state index is 13.5. The molecule has 0 saturated heterocycles. The van der Waals surface area contributed by atoms with Crippen LogP contribution in [0.4, 0.5) is 10.5 Å². The highest BCUT2D eigenvalue weighted by molar-refractivity contribution is 5.99. The number of hydrogen-bond donors (Lipinski definition) is 4. The van der Waals surface area contributed by atoms with Crippen LogP contribution in [0, 0.1) is 0 Å². The minimum absolute atomic E-state index is 0.461. The van der Waals surface area contributed by atoms with Gasteiger partial charge in [0.1, 0.15) is 11.6 Å². The highest BCUT2D eigenvalue weighted by atomic mass is 16.5. The minimum atomic E-state index is -1.28. The second-order valence-corrected chi connectivity index (χ2v) is 8.74. The van der Waals surface area contributed by atoms with Gasteiger partial charge in [0, 0.05) is 34.9 Å². The zero-order valence-electron chi connectivity index (χ0n) is 20.6. The molecule has 1 atom stereocenters. The van der Waals surface area contributed by atoms with E-state index in [9.17, 15) is 14.7 Å². The van der Waals surface area contributed by atoms with E-state index >= 15 is 0 Å². The van der Waals surface area contributed by atoms with Crippen LogP contribution < -0.4 is 15.4 Å². The standard InChI is InChI=1S/C30H26N4O4/c1-38-29-26-23(16-17-31-26)24(18-32-29)19-12-14-22(15-13-19)33-28(35)27(34-30(36)37)25(20-8-4-2-5-9-20)21-10-6-3-7-11-21/h2-18,25,27,31,34H,1H3,(H,33,35)(H,36,37). The molecule has 38 heavy (non-hydrogen) atoms. The fourth-order valence-electron chi connectivity index (χ4n) is 4.70. The van der Waals surface area contributed by atoms with Gasteiger partial charge in [-0.25, -0.2) is 9.78 Å². The van der Waals surface area contributed by atoms with E-state index in [0.717, 1.165) is 33.2 Å². The van der Waals surface area contributed by atoms with Gasteiger partial charge in [-0.3, -0.25) is 4.79 Å². The third-order valence-corrected chi connectivity index (χ3v) is 6.43. The van der Waals surface area contributed by atoms with Gasteiger partial charge in [0.15, 0.2) is 0 Å². The Bertz CT molecular complexity index is 1510. The summed E-state index contributed by atoms with van der Waals surface area (Å²) in [6.45, 7) is 0. The summed E-state index contributed by atoms with van der Waals surface area (Å²) < 4.78 is 5.33. The number of hydrogen-bond acceptors (Lipinski definition) is 4. The van der Waals surface area contributed by atoms with Crippen LogP contribution >= 0.6 is 0 Å². The van der Waals surface area contributed by atoms with Gasteiger partial charge in [-0.15, -0.1) is 0 Å². The molecular formula is C30H26N4O4. The fraction of sp³-hybridized carbons (Fsp3) is 0.100. The summed E-state index contributed by atoms with van der Waals surface area (Å²) in [7, 11) is 1.58. The molecule has 0 bridgehead atoms. The predicted molar refractivity (Wildman–Crippen MR) is 146 cm³/mol. The van der Waals surface area contributed by atoms with Gasteiger partial charge in [-0.05, 0) is 34.9 Å². The van der Waals surface area contributed by atoms with Crippen molar-refractivity contribution in [1.29, 1.82) is 0 Å². The molecule has 2 heterocycles.